The van der Waals surface area contributed by atoms with Gasteiger partial charge in [-0.05, 0) is 18.6 Å². The molecule has 0 aliphatic carbocycles. The van der Waals surface area contributed by atoms with Gasteiger partial charge in [0.25, 0.3) is 5.92 Å². The summed E-state index contributed by atoms with van der Waals surface area (Å²) >= 11 is 0. The van der Waals surface area contributed by atoms with Crippen molar-refractivity contribution in [2.24, 2.45) is 5.73 Å². The van der Waals surface area contributed by atoms with Crippen LogP contribution in [0.25, 0.3) is 11.0 Å². The van der Waals surface area contributed by atoms with E-state index in [1.54, 1.807) is 13.0 Å². The summed E-state index contributed by atoms with van der Waals surface area (Å²) in [6, 6.07) is 7.30. The lowest BCUT2D eigenvalue weighted by molar-refractivity contribution is 0.00687. The zero-order chi connectivity index (χ0) is 11.8. The van der Waals surface area contributed by atoms with E-state index in [1.807, 2.05) is 18.2 Å². The van der Waals surface area contributed by atoms with Crippen LogP contribution >= 0.6 is 0 Å². The van der Waals surface area contributed by atoms with Crippen LogP contribution < -0.4 is 5.73 Å². The van der Waals surface area contributed by atoms with Gasteiger partial charge in [-0.3, -0.25) is 0 Å². The van der Waals surface area contributed by atoms with E-state index in [9.17, 15) is 8.78 Å². The zero-order valence-corrected chi connectivity index (χ0v) is 8.97. The standard InChI is InChI=1S/C12H13F2NO/c1-8-9-4-2-3-5-10(9)16-11(8)6-12(13,14)7-15/h2-5H,6-7,15H2,1H3. The highest BCUT2D eigenvalue weighted by Crippen LogP contribution is 2.29. The number of rotatable bonds is 3. The van der Waals surface area contributed by atoms with Crippen molar-refractivity contribution in [1.29, 1.82) is 0 Å². The maximum Gasteiger partial charge on any atom is 0.267 e. The minimum atomic E-state index is -2.90. The maximum atomic E-state index is 13.2. The molecule has 0 radical (unpaired) electrons. The molecule has 0 bridgehead atoms. The molecule has 0 unspecified atom stereocenters. The molecule has 0 saturated heterocycles. The number of benzene rings is 1. The Kier molecular flexibility index (Phi) is 2.68. The van der Waals surface area contributed by atoms with Gasteiger partial charge in [0, 0.05) is 5.39 Å². The number of alkyl halides is 2. The molecule has 0 atom stereocenters. The first-order chi connectivity index (χ1) is 7.53. The van der Waals surface area contributed by atoms with Gasteiger partial charge >= 0.3 is 0 Å². The lowest BCUT2D eigenvalue weighted by Crippen LogP contribution is -2.30. The number of hydrogen-bond donors (Lipinski definition) is 1. The van der Waals surface area contributed by atoms with Crippen LogP contribution in [0.15, 0.2) is 28.7 Å². The molecule has 0 aliphatic rings. The van der Waals surface area contributed by atoms with Gasteiger partial charge in [0.15, 0.2) is 0 Å². The van der Waals surface area contributed by atoms with Crippen molar-refractivity contribution >= 4 is 11.0 Å². The second-order valence-electron chi connectivity index (χ2n) is 3.88. The highest BCUT2D eigenvalue weighted by Gasteiger charge is 2.30. The van der Waals surface area contributed by atoms with Gasteiger partial charge in [-0.15, -0.1) is 0 Å². The Morgan fingerprint density at radius 2 is 2.00 bits per heavy atom. The van der Waals surface area contributed by atoms with E-state index < -0.39 is 18.9 Å². The van der Waals surface area contributed by atoms with E-state index in [0.717, 1.165) is 10.9 Å². The fourth-order valence-electron chi connectivity index (χ4n) is 1.70. The molecule has 0 aliphatic heterocycles. The molecule has 4 heteroatoms. The Bertz CT molecular complexity index is 505. The van der Waals surface area contributed by atoms with Crippen LogP contribution in [0, 0.1) is 6.92 Å². The molecule has 0 fully saturated rings. The summed E-state index contributed by atoms with van der Waals surface area (Å²) in [5, 5.41) is 0.880. The average molecular weight is 225 g/mol. The molecule has 0 spiro atoms. The van der Waals surface area contributed by atoms with Crippen molar-refractivity contribution in [2.75, 3.05) is 6.54 Å². The zero-order valence-electron chi connectivity index (χ0n) is 8.97. The fraction of sp³-hybridized carbons (Fsp3) is 0.333. The number of halogens is 2. The summed E-state index contributed by atoms with van der Waals surface area (Å²) in [6.45, 7) is 1.12. The quantitative estimate of drug-likeness (QED) is 0.872. The molecule has 1 aromatic carbocycles. The summed E-state index contributed by atoms with van der Waals surface area (Å²) in [4.78, 5) is 0. The minimum absolute atomic E-state index is 0.316. The molecule has 1 heterocycles. The van der Waals surface area contributed by atoms with Gasteiger partial charge in [-0.1, -0.05) is 18.2 Å². The summed E-state index contributed by atoms with van der Waals surface area (Å²) in [5.41, 5.74) is 6.42. The van der Waals surface area contributed by atoms with Crippen LogP contribution in [-0.4, -0.2) is 12.5 Å². The third-order valence-corrected chi connectivity index (χ3v) is 2.66. The molecular formula is C12H13F2NO. The van der Waals surface area contributed by atoms with Gasteiger partial charge in [-0.25, -0.2) is 8.78 Å². The van der Waals surface area contributed by atoms with Gasteiger partial charge in [-0.2, -0.15) is 0 Å². The second kappa shape index (κ2) is 3.87. The number of furan rings is 1. The van der Waals surface area contributed by atoms with Gasteiger partial charge < -0.3 is 10.2 Å². The molecule has 0 amide bonds. The van der Waals surface area contributed by atoms with Crippen LogP contribution in [0.4, 0.5) is 8.78 Å². The molecule has 2 nitrogen and oxygen atoms in total. The molecule has 2 aromatic rings. The van der Waals surface area contributed by atoms with E-state index >= 15 is 0 Å². The van der Waals surface area contributed by atoms with E-state index in [0.29, 0.717) is 11.3 Å². The Balaban J connectivity index is 2.42. The largest absolute Gasteiger partial charge is 0.461 e. The number of fused-ring (bicyclic) bond motifs is 1. The van der Waals surface area contributed by atoms with Crippen molar-refractivity contribution in [2.45, 2.75) is 19.3 Å². The highest BCUT2D eigenvalue weighted by atomic mass is 19.3. The van der Waals surface area contributed by atoms with Gasteiger partial charge in [0.1, 0.15) is 11.3 Å². The third-order valence-electron chi connectivity index (χ3n) is 2.66. The lowest BCUT2D eigenvalue weighted by atomic mass is 10.1. The lowest BCUT2D eigenvalue weighted by Gasteiger charge is -2.11. The first kappa shape index (κ1) is 11.1. The number of hydrogen-bond acceptors (Lipinski definition) is 2. The molecular weight excluding hydrogens is 212 g/mol. The average Bonchev–Trinajstić information content (AvgIpc) is 2.56. The van der Waals surface area contributed by atoms with Crippen molar-refractivity contribution < 1.29 is 13.2 Å². The fourth-order valence-corrected chi connectivity index (χ4v) is 1.70. The predicted molar refractivity (Wildman–Crippen MR) is 58.7 cm³/mol. The van der Waals surface area contributed by atoms with E-state index in [4.69, 9.17) is 10.2 Å². The van der Waals surface area contributed by atoms with Crippen LogP contribution in [0.1, 0.15) is 11.3 Å². The molecule has 2 N–H and O–H groups in total. The number of nitrogens with two attached hydrogens (primary N) is 1. The molecule has 2 rings (SSSR count). The highest BCUT2D eigenvalue weighted by molar-refractivity contribution is 5.81. The van der Waals surface area contributed by atoms with E-state index in [2.05, 4.69) is 0 Å². The smallest absolute Gasteiger partial charge is 0.267 e. The topological polar surface area (TPSA) is 39.2 Å². The van der Waals surface area contributed by atoms with Crippen molar-refractivity contribution in [3.63, 3.8) is 0 Å². The van der Waals surface area contributed by atoms with E-state index in [1.165, 1.54) is 0 Å². The first-order valence-electron chi connectivity index (χ1n) is 5.08. The number of para-hydroxylation sites is 1. The van der Waals surface area contributed by atoms with Crippen LogP contribution in [0.3, 0.4) is 0 Å². The maximum absolute atomic E-state index is 13.2. The molecule has 1 aromatic heterocycles. The second-order valence-corrected chi connectivity index (χ2v) is 3.88. The SMILES string of the molecule is Cc1c(CC(F)(F)CN)oc2ccccc12. The summed E-state index contributed by atoms with van der Waals surface area (Å²) in [5.74, 6) is -2.59. The Hall–Kier alpha value is -1.42. The van der Waals surface area contributed by atoms with Gasteiger partial charge in [0.05, 0.1) is 13.0 Å². The number of aryl methyl sites for hydroxylation is 1. The van der Waals surface area contributed by atoms with Crippen molar-refractivity contribution in [1.82, 2.24) is 0 Å². The van der Waals surface area contributed by atoms with Crippen LogP contribution in [0.2, 0.25) is 0 Å². The van der Waals surface area contributed by atoms with Crippen molar-refractivity contribution in [3.8, 4) is 0 Å². The summed E-state index contributed by atoms with van der Waals surface area (Å²) in [7, 11) is 0. The van der Waals surface area contributed by atoms with Crippen molar-refractivity contribution in [3.05, 3.63) is 35.6 Å². The third kappa shape index (κ3) is 1.93. The Morgan fingerprint density at radius 3 is 2.62 bits per heavy atom. The molecule has 86 valence electrons. The first-order valence-corrected chi connectivity index (χ1v) is 5.08. The van der Waals surface area contributed by atoms with Crippen LogP contribution in [-0.2, 0) is 6.42 Å². The Labute approximate surface area is 92.0 Å². The van der Waals surface area contributed by atoms with Crippen LogP contribution in [0.5, 0.6) is 0 Å². The Morgan fingerprint density at radius 1 is 1.31 bits per heavy atom. The van der Waals surface area contributed by atoms with Gasteiger partial charge in [0.2, 0.25) is 0 Å². The minimum Gasteiger partial charge on any atom is -0.461 e. The predicted octanol–water partition coefficient (Wildman–Crippen LogP) is 2.88. The molecule has 0 saturated carbocycles. The van der Waals surface area contributed by atoms with E-state index in [-0.39, 0.29) is 0 Å². The molecule has 16 heavy (non-hydrogen) atoms. The summed E-state index contributed by atoms with van der Waals surface area (Å²) < 4.78 is 31.7. The monoisotopic (exact) mass is 225 g/mol. The normalized spacial score (nSPS) is 12.2. The summed E-state index contributed by atoms with van der Waals surface area (Å²) in [6.07, 6.45) is -0.440.